The van der Waals surface area contributed by atoms with Crippen LogP contribution in [0.3, 0.4) is 0 Å². The van der Waals surface area contributed by atoms with Crippen molar-refractivity contribution in [3.8, 4) is 0 Å². The van der Waals surface area contributed by atoms with Crippen molar-refractivity contribution in [1.29, 1.82) is 0 Å². The normalized spacial score (nSPS) is 19.1. The summed E-state index contributed by atoms with van der Waals surface area (Å²) >= 11 is 0. The molecule has 2 nitrogen and oxygen atoms in total. The Morgan fingerprint density at radius 3 is 2.24 bits per heavy atom. The summed E-state index contributed by atoms with van der Waals surface area (Å²) in [5.74, 6) is -0.156. The van der Waals surface area contributed by atoms with Gasteiger partial charge in [0.25, 0.3) is 0 Å². The molecule has 1 saturated carbocycles. The molecule has 1 rings (SSSR count). The summed E-state index contributed by atoms with van der Waals surface area (Å²) in [6.07, 6.45) is 5.34. The zero-order valence-electron chi connectivity index (χ0n) is 11.8. The smallest absolute Gasteiger partial charge is 0.333 e. The third-order valence-corrected chi connectivity index (χ3v) is 4.99. The minimum atomic E-state index is -1.27. The lowest BCUT2D eigenvalue weighted by Gasteiger charge is -2.28. The number of carbonyl (C=O) groups is 1. The van der Waals surface area contributed by atoms with Crippen molar-refractivity contribution >= 4 is 14.0 Å². The maximum atomic E-state index is 12.0. The molecule has 0 aromatic carbocycles. The van der Waals surface area contributed by atoms with Crippen molar-refractivity contribution in [2.24, 2.45) is 0 Å². The van der Waals surface area contributed by atoms with Crippen LogP contribution >= 0.6 is 0 Å². The first-order chi connectivity index (χ1) is 7.78. The highest BCUT2D eigenvalue weighted by Crippen LogP contribution is 2.36. The molecular formula is C14H26O2Si. The van der Waals surface area contributed by atoms with E-state index in [2.05, 4.69) is 33.1 Å². The highest BCUT2D eigenvalue weighted by molar-refractivity contribution is 6.77. The number of esters is 1. The van der Waals surface area contributed by atoms with E-state index in [1.165, 1.54) is 12.8 Å². The minimum Gasteiger partial charge on any atom is -0.456 e. The Bertz CT molecular complexity index is 296. The summed E-state index contributed by atoms with van der Waals surface area (Å²) in [6, 6.07) is 0.839. The summed E-state index contributed by atoms with van der Waals surface area (Å²) in [6.45, 7) is 12.8. The zero-order chi connectivity index (χ0) is 13.1. The molecule has 0 spiro atoms. The lowest BCUT2D eigenvalue weighted by atomic mass is 9.99. The van der Waals surface area contributed by atoms with Gasteiger partial charge in [0.2, 0.25) is 0 Å². The van der Waals surface area contributed by atoms with Gasteiger partial charge >= 0.3 is 5.97 Å². The molecule has 0 aromatic rings. The number of ether oxygens (including phenoxy) is 1. The molecule has 0 bridgehead atoms. The first-order valence-corrected chi connectivity index (χ1v) is 10.4. The Kier molecular flexibility index (Phi) is 4.59. The standard InChI is InChI=1S/C14H26O2Si/c1-6-14(9-7-8-10-14)16-13(15)12(2)11-17(3,4)5/h2,6-11H2,1,3-5H3. The molecule has 17 heavy (non-hydrogen) atoms. The molecule has 0 heterocycles. The molecular weight excluding hydrogens is 228 g/mol. The summed E-state index contributed by atoms with van der Waals surface area (Å²) in [7, 11) is -1.27. The van der Waals surface area contributed by atoms with Crippen LogP contribution in [-0.4, -0.2) is 19.6 Å². The van der Waals surface area contributed by atoms with Crippen LogP contribution in [0.5, 0.6) is 0 Å². The van der Waals surface area contributed by atoms with Crippen LogP contribution in [0, 0.1) is 0 Å². The van der Waals surface area contributed by atoms with E-state index in [0.29, 0.717) is 5.57 Å². The third-order valence-electron chi connectivity index (χ3n) is 3.50. The van der Waals surface area contributed by atoms with Gasteiger partial charge < -0.3 is 4.74 Å². The van der Waals surface area contributed by atoms with Gasteiger partial charge in [-0.25, -0.2) is 4.79 Å². The molecule has 0 unspecified atom stereocenters. The van der Waals surface area contributed by atoms with Crippen molar-refractivity contribution in [2.45, 2.75) is 70.3 Å². The Morgan fingerprint density at radius 2 is 1.82 bits per heavy atom. The number of carbonyl (C=O) groups excluding carboxylic acids is 1. The highest BCUT2D eigenvalue weighted by Gasteiger charge is 2.36. The van der Waals surface area contributed by atoms with Crippen LogP contribution in [0.15, 0.2) is 12.2 Å². The van der Waals surface area contributed by atoms with Crippen LogP contribution in [0.4, 0.5) is 0 Å². The fraction of sp³-hybridized carbons (Fsp3) is 0.786. The van der Waals surface area contributed by atoms with Crippen LogP contribution in [0.1, 0.15) is 39.0 Å². The minimum absolute atomic E-state index is 0.156. The summed E-state index contributed by atoms with van der Waals surface area (Å²) in [5, 5.41) is 0. The Hall–Kier alpha value is -0.573. The predicted octanol–water partition coefficient (Wildman–Crippen LogP) is 4.15. The Balaban J connectivity index is 2.56. The average molecular weight is 254 g/mol. The van der Waals surface area contributed by atoms with Crippen LogP contribution in [0.25, 0.3) is 0 Å². The molecule has 0 saturated heterocycles. The summed E-state index contributed by atoms with van der Waals surface area (Å²) in [5.41, 5.74) is 0.489. The maximum absolute atomic E-state index is 12.0. The SMILES string of the molecule is C=C(C[Si](C)(C)C)C(=O)OC1(CC)CCCC1. The number of hydrogen-bond acceptors (Lipinski definition) is 2. The van der Waals surface area contributed by atoms with E-state index in [4.69, 9.17) is 4.74 Å². The second-order valence-electron chi connectivity index (χ2n) is 6.47. The average Bonchev–Trinajstić information content (AvgIpc) is 2.64. The van der Waals surface area contributed by atoms with E-state index in [-0.39, 0.29) is 11.6 Å². The number of hydrogen-bond donors (Lipinski definition) is 0. The molecule has 1 fully saturated rings. The Morgan fingerprint density at radius 1 is 1.29 bits per heavy atom. The maximum Gasteiger partial charge on any atom is 0.333 e. The number of rotatable bonds is 5. The van der Waals surface area contributed by atoms with Crippen LogP contribution in [0.2, 0.25) is 25.7 Å². The molecule has 0 amide bonds. The first kappa shape index (κ1) is 14.5. The van der Waals surface area contributed by atoms with Gasteiger partial charge in [-0.3, -0.25) is 0 Å². The fourth-order valence-corrected chi connectivity index (χ4v) is 3.95. The van der Waals surface area contributed by atoms with Gasteiger partial charge in [0, 0.05) is 13.6 Å². The van der Waals surface area contributed by atoms with E-state index in [1.807, 2.05) is 0 Å². The Labute approximate surface area is 106 Å². The van der Waals surface area contributed by atoms with Crippen molar-refractivity contribution < 1.29 is 9.53 Å². The first-order valence-electron chi connectivity index (χ1n) is 6.69. The van der Waals surface area contributed by atoms with E-state index < -0.39 is 8.07 Å². The molecule has 0 N–H and O–H groups in total. The van der Waals surface area contributed by atoms with E-state index in [0.717, 1.165) is 25.3 Å². The summed E-state index contributed by atoms with van der Waals surface area (Å²) < 4.78 is 5.74. The molecule has 0 aliphatic heterocycles. The van der Waals surface area contributed by atoms with Crippen molar-refractivity contribution in [1.82, 2.24) is 0 Å². The molecule has 1 aliphatic carbocycles. The predicted molar refractivity (Wildman–Crippen MR) is 74.9 cm³/mol. The largest absolute Gasteiger partial charge is 0.456 e. The van der Waals surface area contributed by atoms with Gasteiger partial charge in [0.1, 0.15) is 5.60 Å². The van der Waals surface area contributed by atoms with E-state index >= 15 is 0 Å². The van der Waals surface area contributed by atoms with E-state index in [1.54, 1.807) is 0 Å². The molecule has 3 heteroatoms. The van der Waals surface area contributed by atoms with Crippen LogP contribution < -0.4 is 0 Å². The van der Waals surface area contributed by atoms with Crippen molar-refractivity contribution in [2.75, 3.05) is 0 Å². The van der Waals surface area contributed by atoms with Crippen molar-refractivity contribution in [3.63, 3.8) is 0 Å². The van der Waals surface area contributed by atoms with Gasteiger partial charge in [-0.1, -0.05) is 33.1 Å². The third kappa shape index (κ3) is 4.30. The molecule has 0 radical (unpaired) electrons. The van der Waals surface area contributed by atoms with Crippen LogP contribution in [-0.2, 0) is 9.53 Å². The van der Waals surface area contributed by atoms with Gasteiger partial charge in [-0.15, -0.1) is 0 Å². The van der Waals surface area contributed by atoms with E-state index in [9.17, 15) is 4.79 Å². The van der Waals surface area contributed by atoms with Crippen molar-refractivity contribution in [3.05, 3.63) is 12.2 Å². The lowest BCUT2D eigenvalue weighted by Crippen LogP contribution is -2.33. The highest BCUT2D eigenvalue weighted by atomic mass is 28.3. The quantitative estimate of drug-likeness (QED) is 0.418. The monoisotopic (exact) mass is 254 g/mol. The van der Waals surface area contributed by atoms with Gasteiger partial charge in [0.15, 0.2) is 0 Å². The van der Waals surface area contributed by atoms with Gasteiger partial charge in [0.05, 0.1) is 0 Å². The van der Waals surface area contributed by atoms with Gasteiger partial charge in [-0.2, -0.15) is 0 Å². The molecule has 1 aliphatic rings. The molecule has 0 atom stereocenters. The lowest BCUT2D eigenvalue weighted by molar-refractivity contribution is -0.154. The topological polar surface area (TPSA) is 26.3 Å². The second-order valence-corrected chi connectivity index (χ2v) is 11.9. The zero-order valence-corrected chi connectivity index (χ0v) is 12.8. The van der Waals surface area contributed by atoms with Gasteiger partial charge in [-0.05, 0) is 38.1 Å². The molecule has 0 aromatic heterocycles. The fourth-order valence-electron chi connectivity index (χ4n) is 2.53. The molecule has 98 valence electrons. The summed E-state index contributed by atoms with van der Waals surface area (Å²) in [4.78, 5) is 12.0. The second kappa shape index (κ2) is 5.38.